The monoisotopic (exact) mass is 185 g/mol. The zero-order valence-electron chi connectivity index (χ0n) is 9.18. The van der Waals surface area contributed by atoms with Crippen molar-refractivity contribution >= 4 is 0 Å². The predicted octanol–water partition coefficient (Wildman–Crippen LogP) is 2.36. The van der Waals surface area contributed by atoms with E-state index in [1.807, 2.05) is 19.1 Å². The molecule has 2 heteroatoms. The molecule has 78 valence electrons. The second kappa shape index (κ2) is 9.75. The first-order valence-electron chi connectivity index (χ1n) is 5.27. The van der Waals surface area contributed by atoms with Crippen LogP contribution in [0, 0.1) is 0 Å². The molecule has 0 amide bonds. The van der Waals surface area contributed by atoms with Gasteiger partial charge in [0.1, 0.15) is 0 Å². The first kappa shape index (κ1) is 12.7. The van der Waals surface area contributed by atoms with Gasteiger partial charge in [0, 0.05) is 12.6 Å². The lowest BCUT2D eigenvalue weighted by molar-refractivity contribution is 0.160. The van der Waals surface area contributed by atoms with Crippen LogP contribution < -0.4 is 5.32 Å². The van der Waals surface area contributed by atoms with Crippen LogP contribution in [0.2, 0.25) is 0 Å². The third kappa shape index (κ3) is 8.00. The van der Waals surface area contributed by atoms with Crippen molar-refractivity contribution in [2.75, 3.05) is 19.8 Å². The Bertz CT molecular complexity index is 119. The van der Waals surface area contributed by atoms with Crippen molar-refractivity contribution in [1.29, 1.82) is 0 Å². The van der Waals surface area contributed by atoms with Crippen LogP contribution in [0.3, 0.4) is 0 Å². The molecule has 0 aromatic rings. The van der Waals surface area contributed by atoms with Crippen molar-refractivity contribution in [2.24, 2.45) is 0 Å². The average Bonchev–Trinajstić information content (AvgIpc) is 2.17. The van der Waals surface area contributed by atoms with E-state index in [0.717, 1.165) is 19.8 Å². The largest absolute Gasteiger partial charge is 0.376 e. The summed E-state index contributed by atoms with van der Waals surface area (Å²) in [5.41, 5.74) is 0. The summed E-state index contributed by atoms with van der Waals surface area (Å²) < 4.78 is 5.36. The minimum atomic E-state index is 0.658. The molecule has 0 radical (unpaired) electrons. The molecule has 0 spiro atoms. The highest BCUT2D eigenvalue weighted by molar-refractivity contribution is 4.75. The third-order valence-electron chi connectivity index (χ3n) is 2.11. The molecule has 0 fully saturated rings. The molecule has 13 heavy (non-hydrogen) atoms. The summed E-state index contributed by atoms with van der Waals surface area (Å²) in [6, 6.07) is 0.658. The molecular weight excluding hydrogens is 162 g/mol. The van der Waals surface area contributed by atoms with E-state index in [0.29, 0.717) is 6.04 Å². The zero-order chi connectivity index (χ0) is 9.94. The maximum Gasteiger partial charge on any atom is 0.0647 e. The van der Waals surface area contributed by atoms with E-state index in [-0.39, 0.29) is 0 Å². The lowest BCUT2D eigenvalue weighted by Crippen LogP contribution is -2.30. The van der Waals surface area contributed by atoms with Gasteiger partial charge in [-0.25, -0.2) is 0 Å². The van der Waals surface area contributed by atoms with Crippen LogP contribution in [0.4, 0.5) is 0 Å². The van der Waals surface area contributed by atoms with Crippen LogP contribution in [0.25, 0.3) is 0 Å². The molecule has 0 aromatic heterocycles. The molecule has 0 unspecified atom stereocenters. The van der Waals surface area contributed by atoms with Gasteiger partial charge >= 0.3 is 0 Å². The standard InChI is InChI=1S/C11H23NO/c1-4-7-9-13-10-8-12-11(5-2)6-3/h4,7,11-12H,5-6,8-10H2,1-3H3. The molecule has 0 heterocycles. The van der Waals surface area contributed by atoms with Gasteiger partial charge in [-0.05, 0) is 19.8 Å². The Hall–Kier alpha value is -0.340. The number of allylic oxidation sites excluding steroid dienone is 1. The van der Waals surface area contributed by atoms with Crippen LogP contribution in [-0.2, 0) is 4.74 Å². The fraction of sp³-hybridized carbons (Fsp3) is 0.818. The second-order valence-corrected chi connectivity index (χ2v) is 3.11. The van der Waals surface area contributed by atoms with Gasteiger partial charge in [-0.1, -0.05) is 26.0 Å². The van der Waals surface area contributed by atoms with Crippen molar-refractivity contribution in [1.82, 2.24) is 5.32 Å². The molecule has 0 aromatic carbocycles. The van der Waals surface area contributed by atoms with Gasteiger partial charge in [-0.2, -0.15) is 0 Å². The minimum Gasteiger partial charge on any atom is -0.376 e. The summed E-state index contributed by atoms with van der Waals surface area (Å²) in [6.07, 6.45) is 6.43. The summed E-state index contributed by atoms with van der Waals surface area (Å²) >= 11 is 0. The third-order valence-corrected chi connectivity index (χ3v) is 2.11. The molecule has 0 atom stereocenters. The van der Waals surface area contributed by atoms with Gasteiger partial charge in [0.15, 0.2) is 0 Å². The van der Waals surface area contributed by atoms with E-state index in [4.69, 9.17) is 4.74 Å². The molecule has 1 N–H and O–H groups in total. The van der Waals surface area contributed by atoms with Gasteiger partial charge in [0.2, 0.25) is 0 Å². The Morgan fingerprint density at radius 2 is 2.00 bits per heavy atom. The highest BCUT2D eigenvalue weighted by atomic mass is 16.5. The maximum atomic E-state index is 5.36. The highest BCUT2D eigenvalue weighted by Gasteiger charge is 1.99. The average molecular weight is 185 g/mol. The van der Waals surface area contributed by atoms with Crippen molar-refractivity contribution in [2.45, 2.75) is 39.7 Å². The number of nitrogens with one attached hydrogen (secondary N) is 1. The van der Waals surface area contributed by atoms with Gasteiger partial charge in [0.25, 0.3) is 0 Å². The summed E-state index contributed by atoms with van der Waals surface area (Å²) in [7, 11) is 0. The SMILES string of the molecule is CC=CCOCCNC(CC)CC. The van der Waals surface area contributed by atoms with E-state index >= 15 is 0 Å². The molecule has 0 aliphatic rings. The summed E-state index contributed by atoms with van der Waals surface area (Å²) in [5.74, 6) is 0. The Morgan fingerprint density at radius 1 is 1.31 bits per heavy atom. The number of ether oxygens (including phenoxy) is 1. The van der Waals surface area contributed by atoms with Gasteiger partial charge < -0.3 is 10.1 Å². The Labute approximate surface area is 82.4 Å². The number of hydrogen-bond donors (Lipinski definition) is 1. The second-order valence-electron chi connectivity index (χ2n) is 3.11. The van der Waals surface area contributed by atoms with Gasteiger partial charge in [-0.15, -0.1) is 0 Å². The fourth-order valence-electron chi connectivity index (χ4n) is 1.16. The van der Waals surface area contributed by atoms with Crippen LogP contribution in [0.15, 0.2) is 12.2 Å². The van der Waals surface area contributed by atoms with Crippen LogP contribution >= 0.6 is 0 Å². The van der Waals surface area contributed by atoms with Crippen LogP contribution in [0.1, 0.15) is 33.6 Å². The van der Waals surface area contributed by atoms with Crippen molar-refractivity contribution in [3.63, 3.8) is 0 Å². The first-order chi connectivity index (χ1) is 6.35. The van der Waals surface area contributed by atoms with E-state index in [2.05, 4.69) is 19.2 Å². The van der Waals surface area contributed by atoms with Crippen molar-refractivity contribution in [3.05, 3.63) is 12.2 Å². The molecule has 2 nitrogen and oxygen atoms in total. The van der Waals surface area contributed by atoms with E-state index in [1.165, 1.54) is 12.8 Å². The Morgan fingerprint density at radius 3 is 2.54 bits per heavy atom. The smallest absolute Gasteiger partial charge is 0.0647 e. The van der Waals surface area contributed by atoms with Gasteiger partial charge in [0.05, 0.1) is 13.2 Å². The Kier molecular flexibility index (Phi) is 9.49. The van der Waals surface area contributed by atoms with Crippen molar-refractivity contribution < 1.29 is 4.74 Å². The lowest BCUT2D eigenvalue weighted by atomic mass is 10.2. The number of hydrogen-bond acceptors (Lipinski definition) is 2. The van der Waals surface area contributed by atoms with E-state index < -0.39 is 0 Å². The molecule has 0 aliphatic carbocycles. The minimum absolute atomic E-state index is 0.658. The summed E-state index contributed by atoms with van der Waals surface area (Å²) in [5, 5.41) is 3.45. The first-order valence-corrected chi connectivity index (χ1v) is 5.27. The molecule has 0 saturated carbocycles. The summed E-state index contributed by atoms with van der Waals surface area (Å²) in [4.78, 5) is 0. The number of rotatable bonds is 8. The molecule has 0 bridgehead atoms. The summed E-state index contributed by atoms with van der Waals surface area (Å²) in [6.45, 7) is 8.93. The quantitative estimate of drug-likeness (QED) is 0.463. The van der Waals surface area contributed by atoms with Crippen LogP contribution in [0.5, 0.6) is 0 Å². The maximum absolute atomic E-state index is 5.36. The highest BCUT2D eigenvalue weighted by Crippen LogP contribution is 1.94. The lowest BCUT2D eigenvalue weighted by Gasteiger charge is -2.13. The Balaban J connectivity index is 3.14. The molecule has 0 rings (SSSR count). The topological polar surface area (TPSA) is 21.3 Å². The predicted molar refractivity (Wildman–Crippen MR) is 58.0 cm³/mol. The van der Waals surface area contributed by atoms with Gasteiger partial charge in [-0.3, -0.25) is 0 Å². The normalized spacial score (nSPS) is 11.7. The molecule has 0 aliphatic heterocycles. The zero-order valence-corrected chi connectivity index (χ0v) is 9.18. The van der Waals surface area contributed by atoms with Crippen LogP contribution in [-0.4, -0.2) is 25.8 Å². The van der Waals surface area contributed by atoms with E-state index in [1.54, 1.807) is 0 Å². The van der Waals surface area contributed by atoms with E-state index in [9.17, 15) is 0 Å². The fourth-order valence-corrected chi connectivity index (χ4v) is 1.16. The molecular formula is C11H23NO. The molecule has 0 saturated heterocycles. The van der Waals surface area contributed by atoms with Crippen molar-refractivity contribution in [3.8, 4) is 0 Å².